The molecule has 0 saturated carbocycles. The van der Waals surface area contributed by atoms with Crippen LogP contribution >= 0.6 is 0 Å². The van der Waals surface area contributed by atoms with Crippen molar-refractivity contribution in [3.63, 3.8) is 0 Å². The molecule has 0 radical (unpaired) electrons. The topological polar surface area (TPSA) is 92.3 Å². The summed E-state index contributed by atoms with van der Waals surface area (Å²) in [6.45, 7) is 0.302. The second-order valence-electron chi connectivity index (χ2n) is 6.42. The molecular weight excluding hydrogens is 370 g/mol. The van der Waals surface area contributed by atoms with Gasteiger partial charge in [-0.2, -0.15) is 5.10 Å². The van der Waals surface area contributed by atoms with E-state index in [1.165, 1.54) is 4.90 Å². The quantitative estimate of drug-likeness (QED) is 0.586. The van der Waals surface area contributed by atoms with Crippen molar-refractivity contribution < 1.29 is 18.0 Å². The van der Waals surface area contributed by atoms with Gasteiger partial charge in [0.05, 0.1) is 23.2 Å². The largest absolute Gasteiger partial charge is 0.438 e. The Morgan fingerprint density at radius 1 is 1.32 bits per heavy atom. The number of nitrogens with one attached hydrogen (secondary N) is 1. The monoisotopic (exact) mass is 384 g/mol. The number of nitrogens with zero attached hydrogens (tertiary/aromatic N) is 5. The fourth-order valence-corrected chi connectivity index (χ4v) is 3.59. The normalized spacial score (nSPS) is 16.7. The number of halogens is 2. The molecule has 0 bridgehead atoms. The predicted octanol–water partition coefficient (Wildman–Crippen LogP) is 2.77. The summed E-state index contributed by atoms with van der Waals surface area (Å²) in [6.07, 6.45) is 1.82. The number of hydrogen-bond donors (Lipinski definition) is 1. The average Bonchev–Trinajstić information content (AvgIpc) is 3.44. The van der Waals surface area contributed by atoms with E-state index in [0.29, 0.717) is 24.4 Å². The van der Waals surface area contributed by atoms with Crippen LogP contribution in [0.15, 0.2) is 47.6 Å². The minimum Gasteiger partial charge on any atom is -0.438 e. The van der Waals surface area contributed by atoms with Crippen LogP contribution in [-0.2, 0) is 6.42 Å². The molecule has 5 heterocycles. The second-order valence-corrected chi connectivity index (χ2v) is 6.42. The Morgan fingerprint density at radius 2 is 2.21 bits per heavy atom. The summed E-state index contributed by atoms with van der Waals surface area (Å²) in [5.41, 5.74) is 2.30. The standard InChI is InChI=1S/C18H14F2N6O2/c19-17(20)14-16(28-9-23-14)18(27)25-6-4-11-13(22-8-21-11)15(25)12-7-10-3-1-2-5-26(10)24-12/h1-3,5,7-9,15,17H,4,6H2,(H,21,22)/t15-/m0/s1. The maximum atomic E-state index is 13.2. The molecule has 0 aromatic carbocycles. The molecule has 1 aliphatic heterocycles. The van der Waals surface area contributed by atoms with Gasteiger partial charge in [-0.05, 0) is 18.2 Å². The van der Waals surface area contributed by atoms with Crippen molar-refractivity contribution in [1.29, 1.82) is 0 Å². The molecule has 10 heteroatoms. The predicted molar refractivity (Wildman–Crippen MR) is 91.8 cm³/mol. The van der Waals surface area contributed by atoms with E-state index in [0.717, 1.165) is 17.6 Å². The van der Waals surface area contributed by atoms with Gasteiger partial charge in [0.25, 0.3) is 12.3 Å². The minimum atomic E-state index is -2.91. The van der Waals surface area contributed by atoms with Gasteiger partial charge in [0.1, 0.15) is 6.04 Å². The van der Waals surface area contributed by atoms with E-state index < -0.39 is 29.8 Å². The number of pyridine rings is 1. The van der Waals surface area contributed by atoms with Gasteiger partial charge in [-0.25, -0.2) is 23.3 Å². The first kappa shape index (κ1) is 16.6. The summed E-state index contributed by atoms with van der Waals surface area (Å²) in [5, 5.41) is 4.56. The molecule has 1 N–H and O–H groups in total. The molecule has 8 nitrogen and oxygen atoms in total. The lowest BCUT2D eigenvalue weighted by atomic mass is 9.99. The van der Waals surface area contributed by atoms with Gasteiger partial charge in [-0.15, -0.1) is 0 Å². The first-order chi connectivity index (χ1) is 13.6. The van der Waals surface area contributed by atoms with E-state index in [-0.39, 0.29) is 0 Å². The van der Waals surface area contributed by atoms with Gasteiger partial charge < -0.3 is 14.3 Å². The van der Waals surface area contributed by atoms with Crippen LogP contribution in [0.4, 0.5) is 8.78 Å². The number of fused-ring (bicyclic) bond motifs is 2. The highest BCUT2D eigenvalue weighted by molar-refractivity contribution is 5.93. The number of oxazole rings is 1. The zero-order valence-corrected chi connectivity index (χ0v) is 14.4. The van der Waals surface area contributed by atoms with Gasteiger partial charge in [-0.3, -0.25) is 4.79 Å². The van der Waals surface area contributed by atoms with Crippen molar-refractivity contribution in [2.75, 3.05) is 6.54 Å². The van der Waals surface area contributed by atoms with Gasteiger partial charge >= 0.3 is 0 Å². The molecule has 0 aliphatic carbocycles. The lowest BCUT2D eigenvalue weighted by molar-refractivity contribution is 0.0639. The van der Waals surface area contributed by atoms with E-state index >= 15 is 0 Å². The molecule has 4 aromatic heterocycles. The van der Waals surface area contributed by atoms with Crippen molar-refractivity contribution in [1.82, 2.24) is 29.5 Å². The zero-order valence-electron chi connectivity index (χ0n) is 14.4. The van der Waals surface area contributed by atoms with Crippen LogP contribution in [0.5, 0.6) is 0 Å². The van der Waals surface area contributed by atoms with Crippen molar-refractivity contribution in [2.45, 2.75) is 18.9 Å². The molecule has 1 aliphatic rings. The summed E-state index contributed by atoms with van der Waals surface area (Å²) < 4.78 is 33.1. The Morgan fingerprint density at radius 3 is 3.04 bits per heavy atom. The number of imidazole rings is 1. The zero-order chi connectivity index (χ0) is 19.3. The Hall–Kier alpha value is -3.56. The molecule has 5 rings (SSSR count). The van der Waals surface area contributed by atoms with Crippen LogP contribution in [0.2, 0.25) is 0 Å². The molecule has 1 atom stereocenters. The lowest BCUT2D eigenvalue weighted by Crippen LogP contribution is -2.41. The number of carbonyl (C=O) groups excluding carboxylic acids is 1. The Kier molecular flexibility index (Phi) is 3.71. The summed E-state index contributed by atoms with van der Waals surface area (Å²) in [5.74, 6) is -1.12. The van der Waals surface area contributed by atoms with Crippen LogP contribution in [-0.4, -0.2) is 41.9 Å². The summed E-state index contributed by atoms with van der Waals surface area (Å²) in [4.78, 5) is 25.5. The summed E-state index contributed by atoms with van der Waals surface area (Å²) in [7, 11) is 0. The third-order valence-electron chi connectivity index (χ3n) is 4.85. The first-order valence-electron chi connectivity index (χ1n) is 8.62. The van der Waals surface area contributed by atoms with Crippen LogP contribution in [0.25, 0.3) is 5.52 Å². The molecule has 4 aromatic rings. The maximum Gasteiger partial charge on any atom is 0.292 e. The fourth-order valence-electron chi connectivity index (χ4n) is 3.59. The molecule has 142 valence electrons. The van der Waals surface area contributed by atoms with Gasteiger partial charge in [0.2, 0.25) is 5.76 Å². The third kappa shape index (κ3) is 2.48. The molecule has 0 fully saturated rings. The van der Waals surface area contributed by atoms with Crippen molar-refractivity contribution in [3.05, 3.63) is 71.7 Å². The number of rotatable bonds is 3. The number of H-pyrrole nitrogens is 1. The van der Waals surface area contributed by atoms with E-state index in [1.54, 1.807) is 17.0 Å². The number of amides is 1. The van der Waals surface area contributed by atoms with E-state index in [4.69, 9.17) is 4.42 Å². The van der Waals surface area contributed by atoms with E-state index in [2.05, 4.69) is 20.1 Å². The number of alkyl halides is 2. The molecule has 0 spiro atoms. The SMILES string of the molecule is O=C(c1ocnc1C(F)F)N1CCc2[nH]cnc2[C@@H]1c1cc2ccccn2n1. The van der Waals surface area contributed by atoms with Gasteiger partial charge in [0, 0.05) is 24.9 Å². The number of aromatic amines is 1. The van der Waals surface area contributed by atoms with Crippen LogP contribution in [0.3, 0.4) is 0 Å². The third-order valence-corrected chi connectivity index (χ3v) is 4.85. The second kappa shape index (κ2) is 6.25. The highest BCUT2D eigenvalue weighted by Gasteiger charge is 2.39. The molecule has 1 amide bonds. The number of aromatic nitrogens is 5. The van der Waals surface area contributed by atoms with Crippen LogP contribution in [0.1, 0.15) is 45.8 Å². The highest BCUT2D eigenvalue weighted by atomic mass is 19.3. The number of carbonyl (C=O) groups is 1. The van der Waals surface area contributed by atoms with E-state index in [9.17, 15) is 13.6 Å². The fraction of sp³-hybridized carbons (Fsp3) is 0.222. The van der Waals surface area contributed by atoms with E-state index in [1.807, 2.05) is 24.3 Å². The van der Waals surface area contributed by atoms with Gasteiger partial charge in [0.15, 0.2) is 12.1 Å². The lowest BCUT2D eigenvalue weighted by Gasteiger charge is -2.33. The smallest absolute Gasteiger partial charge is 0.292 e. The maximum absolute atomic E-state index is 13.2. The van der Waals surface area contributed by atoms with Crippen molar-refractivity contribution in [2.24, 2.45) is 0 Å². The summed E-state index contributed by atoms with van der Waals surface area (Å²) >= 11 is 0. The van der Waals surface area contributed by atoms with Crippen LogP contribution in [0, 0.1) is 0 Å². The molecule has 28 heavy (non-hydrogen) atoms. The molecule has 0 saturated heterocycles. The Bertz CT molecular complexity index is 1130. The van der Waals surface area contributed by atoms with Crippen LogP contribution < -0.4 is 0 Å². The highest BCUT2D eigenvalue weighted by Crippen LogP contribution is 2.35. The van der Waals surface area contributed by atoms with Crippen molar-refractivity contribution >= 4 is 11.4 Å². The van der Waals surface area contributed by atoms with Gasteiger partial charge in [-0.1, -0.05) is 6.07 Å². The minimum absolute atomic E-state index is 0.302. The number of hydrogen-bond acceptors (Lipinski definition) is 5. The Balaban J connectivity index is 1.62. The summed E-state index contributed by atoms with van der Waals surface area (Å²) in [6, 6.07) is 6.84. The molecular formula is C18H14F2N6O2. The average molecular weight is 384 g/mol. The van der Waals surface area contributed by atoms with Crippen molar-refractivity contribution in [3.8, 4) is 0 Å². The molecule has 0 unspecified atom stereocenters. The Labute approximate surface area is 156 Å². The first-order valence-corrected chi connectivity index (χ1v) is 8.62.